The Morgan fingerprint density at radius 3 is 1.90 bits per heavy atom. The SMILES string of the molecule is Clc1ccc(N2CCN(c3ncc(Cl)cn3)CC2)cc1. The van der Waals surface area contributed by atoms with Gasteiger partial charge in [-0.1, -0.05) is 23.2 Å². The number of anilines is 2. The van der Waals surface area contributed by atoms with E-state index in [4.69, 9.17) is 23.2 Å². The molecule has 3 rings (SSSR count). The van der Waals surface area contributed by atoms with Crippen molar-refractivity contribution in [1.29, 1.82) is 0 Å². The maximum absolute atomic E-state index is 5.91. The molecule has 0 amide bonds. The van der Waals surface area contributed by atoms with Crippen molar-refractivity contribution in [2.24, 2.45) is 0 Å². The largest absolute Gasteiger partial charge is 0.368 e. The molecule has 1 aromatic carbocycles. The molecule has 104 valence electrons. The van der Waals surface area contributed by atoms with Crippen molar-refractivity contribution >= 4 is 34.8 Å². The number of hydrogen-bond donors (Lipinski definition) is 0. The van der Waals surface area contributed by atoms with Gasteiger partial charge >= 0.3 is 0 Å². The highest BCUT2D eigenvalue weighted by molar-refractivity contribution is 6.30. The third kappa shape index (κ3) is 2.97. The van der Waals surface area contributed by atoms with Gasteiger partial charge in [-0.15, -0.1) is 0 Å². The van der Waals surface area contributed by atoms with Gasteiger partial charge in [0.2, 0.25) is 5.95 Å². The summed E-state index contributed by atoms with van der Waals surface area (Å²) in [5.74, 6) is 0.741. The summed E-state index contributed by atoms with van der Waals surface area (Å²) in [7, 11) is 0. The quantitative estimate of drug-likeness (QED) is 0.853. The maximum Gasteiger partial charge on any atom is 0.225 e. The standard InChI is InChI=1S/C14H14Cl2N4/c15-11-1-3-13(4-2-11)19-5-7-20(8-6-19)14-17-9-12(16)10-18-14/h1-4,9-10H,5-8H2. The highest BCUT2D eigenvalue weighted by Crippen LogP contribution is 2.20. The van der Waals surface area contributed by atoms with Crippen LogP contribution >= 0.6 is 23.2 Å². The molecule has 20 heavy (non-hydrogen) atoms. The summed E-state index contributed by atoms with van der Waals surface area (Å²) in [5.41, 5.74) is 1.20. The van der Waals surface area contributed by atoms with E-state index < -0.39 is 0 Å². The molecule has 0 unspecified atom stereocenters. The number of nitrogens with zero attached hydrogens (tertiary/aromatic N) is 4. The van der Waals surface area contributed by atoms with E-state index in [1.54, 1.807) is 12.4 Å². The molecule has 0 atom stereocenters. The Morgan fingerprint density at radius 2 is 1.30 bits per heavy atom. The molecule has 1 aliphatic heterocycles. The Bertz CT molecular complexity index is 509. The van der Waals surface area contributed by atoms with Gasteiger partial charge < -0.3 is 9.80 Å². The van der Waals surface area contributed by atoms with E-state index >= 15 is 0 Å². The Kier molecular flexibility index (Phi) is 3.94. The molecule has 0 N–H and O–H groups in total. The lowest BCUT2D eigenvalue weighted by molar-refractivity contribution is 0.640. The van der Waals surface area contributed by atoms with Gasteiger partial charge in [-0.05, 0) is 24.3 Å². The molecule has 1 aromatic heterocycles. The molecule has 2 aromatic rings. The van der Waals surface area contributed by atoms with Crippen LogP contribution in [0.2, 0.25) is 10.0 Å². The van der Waals surface area contributed by atoms with Crippen molar-refractivity contribution in [3.05, 3.63) is 46.7 Å². The second-order valence-corrected chi connectivity index (χ2v) is 5.52. The van der Waals surface area contributed by atoms with E-state index in [9.17, 15) is 0 Å². The van der Waals surface area contributed by atoms with Crippen LogP contribution in [0.1, 0.15) is 0 Å². The molecule has 2 heterocycles. The first-order valence-electron chi connectivity index (χ1n) is 6.45. The molecule has 6 heteroatoms. The normalized spacial score (nSPS) is 15.5. The maximum atomic E-state index is 5.91. The predicted octanol–water partition coefficient (Wildman–Crippen LogP) is 3.11. The minimum Gasteiger partial charge on any atom is -0.368 e. The minimum absolute atomic E-state index is 0.563. The molecular weight excluding hydrogens is 295 g/mol. The van der Waals surface area contributed by atoms with Crippen LogP contribution in [0, 0.1) is 0 Å². The third-order valence-electron chi connectivity index (χ3n) is 3.36. The van der Waals surface area contributed by atoms with Gasteiger partial charge in [0.1, 0.15) is 0 Å². The van der Waals surface area contributed by atoms with Crippen molar-refractivity contribution in [2.45, 2.75) is 0 Å². The summed E-state index contributed by atoms with van der Waals surface area (Å²) < 4.78 is 0. The first kappa shape index (κ1) is 13.5. The molecule has 0 bridgehead atoms. The molecule has 4 nitrogen and oxygen atoms in total. The fourth-order valence-electron chi connectivity index (χ4n) is 2.29. The average Bonchev–Trinajstić information content (AvgIpc) is 2.49. The van der Waals surface area contributed by atoms with Crippen molar-refractivity contribution in [1.82, 2.24) is 9.97 Å². The zero-order chi connectivity index (χ0) is 13.9. The molecule has 0 spiro atoms. The number of piperazine rings is 1. The zero-order valence-electron chi connectivity index (χ0n) is 10.8. The van der Waals surface area contributed by atoms with E-state index in [0.29, 0.717) is 5.02 Å². The smallest absolute Gasteiger partial charge is 0.225 e. The summed E-state index contributed by atoms with van der Waals surface area (Å²) in [6.07, 6.45) is 3.27. The van der Waals surface area contributed by atoms with Gasteiger partial charge in [0, 0.05) is 36.9 Å². The van der Waals surface area contributed by atoms with Gasteiger partial charge in [-0.2, -0.15) is 0 Å². The van der Waals surface area contributed by atoms with Crippen LogP contribution in [-0.4, -0.2) is 36.1 Å². The summed E-state index contributed by atoms with van der Waals surface area (Å²) >= 11 is 11.7. The zero-order valence-corrected chi connectivity index (χ0v) is 12.3. The van der Waals surface area contributed by atoms with Crippen LogP contribution in [0.5, 0.6) is 0 Å². The lowest BCUT2D eigenvalue weighted by atomic mass is 10.2. The number of benzene rings is 1. The lowest BCUT2D eigenvalue weighted by Crippen LogP contribution is -2.47. The molecule has 1 aliphatic rings. The van der Waals surface area contributed by atoms with Gasteiger partial charge in [0.25, 0.3) is 0 Å². The van der Waals surface area contributed by atoms with Crippen LogP contribution in [0.25, 0.3) is 0 Å². The summed E-state index contributed by atoms with van der Waals surface area (Å²) in [6.45, 7) is 3.66. The summed E-state index contributed by atoms with van der Waals surface area (Å²) in [4.78, 5) is 13.0. The molecule has 0 saturated carbocycles. The van der Waals surface area contributed by atoms with Crippen molar-refractivity contribution < 1.29 is 0 Å². The number of rotatable bonds is 2. The topological polar surface area (TPSA) is 32.3 Å². The van der Waals surface area contributed by atoms with E-state index in [1.165, 1.54) is 5.69 Å². The van der Waals surface area contributed by atoms with Crippen LogP contribution in [0.4, 0.5) is 11.6 Å². The van der Waals surface area contributed by atoms with E-state index in [1.807, 2.05) is 12.1 Å². The van der Waals surface area contributed by atoms with Crippen LogP contribution in [-0.2, 0) is 0 Å². The van der Waals surface area contributed by atoms with Crippen molar-refractivity contribution in [2.75, 3.05) is 36.0 Å². The fraction of sp³-hybridized carbons (Fsp3) is 0.286. The minimum atomic E-state index is 0.563. The van der Waals surface area contributed by atoms with E-state index in [-0.39, 0.29) is 0 Å². The molecule has 0 aliphatic carbocycles. The monoisotopic (exact) mass is 308 g/mol. The van der Waals surface area contributed by atoms with Crippen LogP contribution < -0.4 is 9.80 Å². The van der Waals surface area contributed by atoms with E-state index in [0.717, 1.165) is 37.1 Å². The van der Waals surface area contributed by atoms with Crippen LogP contribution in [0.15, 0.2) is 36.7 Å². The molecule has 1 saturated heterocycles. The third-order valence-corrected chi connectivity index (χ3v) is 3.81. The summed E-state index contributed by atoms with van der Waals surface area (Å²) in [5, 5.41) is 1.33. The highest BCUT2D eigenvalue weighted by Gasteiger charge is 2.19. The number of aromatic nitrogens is 2. The van der Waals surface area contributed by atoms with Gasteiger partial charge in [0.15, 0.2) is 0 Å². The molecule has 0 radical (unpaired) electrons. The first-order chi connectivity index (χ1) is 9.72. The Morgan fingerprint density at radius 1 is 0.750 bits per heavy atom. The van der Waals surface area contributed by atoms with Crippen molar-refractivity contribution in [3.8, 4) is 0 Å². The molecule has 1 fully saturated rings. The fourth-order valence-corrected chi connectivity index (χ4v) is 2.51. The van der Waals surface area contributed by atoms with Gasteiger partial charge in [-0.3, -0.25) is 0 Å². The predicted molar refractivity (Wildman–Crippen MR) is 82.9 cm³/mol. The Hall–Kier alpha value is -1.52. The second kappa shape index (κ2) is 5.85. The van der Waals surface area contributed by atoms with Gasteiger partial charge in [-0.25, -0.2) is 9.97 Å². The van der Waals surface area contributed by atoms with Gasteiger partial charge in [0.05, 0.1) is 17.4 Å². The average molecular weight is 309 g/mol. The Balaban J connectivity index is 1.64. The van der Waals surface area contributed by atoms with Crippen molar-refractivity contribution in [3.63, 3.8) is 0 Å². The summed E-state index contributed by atoms with van der Waals surface area (Å²) in [6, 6.07) is 7.95. The molecular formula is C14H14Cl2N4. The van der Waals surface area contributed by atoms with Crippen LogP contribution in [0.3, 0.4) is 0 Å². The van der Waals surface area contributed by atoms with E-state index in [2.05, 4.69) is 31.9 Å². The lowest BCUT2D eigenvalue weighted by Gasteiger charge is -2.36. The highest BCUT2D eigenvalue weighted by atomic mass is 35.5. The second-order valence-electron chi connectivity index (χ2n) is 4.65. The number of halogens is 2. The first-order valence-corrected chi connectivity index (χ1v) is 7.21. The number of hydrogen-bond acceptors (Lipinski definition) is 4. The Labute approximate surface area is 128 Å².